The summed E-state index contributed by atoms with van der Waals surface area (Å²) in [6.07, 6.45) is 3.14. The van der Waals surface area contributed by atoms with Crippen LogP contribution in [-0.4, -0.2) is 30.5 Å². The van der Waals surface area contributed by atoms with Crippen LogP contribution in [-0.2, 0) is 4.74 Å². The quantitative estimate of drug-likeness (QED) is 0.881. The molecule has 6 heteroatoms. The van der Waals surface area contributed by atoms with Crippen molar-refractivity contribution < 1.29 is 9.53 Å². The van der Waals surface area contributed by atoms with Crippen molar-refractivity contribution in [3.05, 3.63) is 28.8 Å². The van der Waals surface area contributed by atoms with Crippen LogP contribution in [0, 0.1) is 0 Å². The van der Waals surface area contributed by atoms with Crippen molar-refractivity contribution in [2.45, 2.75) is 49.3 Å². The molecule has 1 aromatic rings. The summed E-state index contributed by atoms with van der Waals surface area (Å²) in [5.41, 5.74) is 1.11. The average Bonchev–Trinajstić information content (AvgIpc) is 3.02. The van der Waals surface area contributed by atoms with Crippen LogP contribution in [0.1, 0.15) is 37.8 Å². The lowest BCUT2D eigenvalue weighted by Gasteiger charge is -2.27. The number of hydrogen-bond donors (Lipinski definition) is 2. The van der Waals surface area contributed by atoms with Crippen LogP contribution in [0.4, 0.5) is 4.79 Å². The van der Waals surface area contributed by atoms with Crippen molar-refractivity contribution in [2.75, 3.05) is 12.4 Å². The Labute approximate surface area is 140 Å². The highest BCUT2D eigenvalue weighted by molar-refractivity contribution is 7.99. The zero-order chi connectivity index (χ0) is 15.5. The molecule has 3 rings (SSSR count). The van der Waals surface area contributed by atoms with E-state index in [1.54, 1.807) is 0 Å². The standard InChI is InChI=1S/C16H21ClN2O2S/c1-10(14-3-2-7-21-14)18-16(20)19-13-6-8-22-15-5-4-11(17)9-12(13)15/h4-5,9-10,13-14H,2-3,6-8H2,1H3,(H2,18,19,20)/t10-,13+,14+/m0/s1. The van der Waals surface area contributed by atoms with Gasteiger partial charge in [-0.05, 0) is 49.9 Å². The molecule has 2 heterocycles. The van der Waals surface area contributed by atoms with Gasteiger partial charge in [-0.25, -0.2) is 4.79 Å². The number of nitrogens with one attached hydrogen (secondary N) is 2. The molecule has 0 aromatic heterocycles. The van der Waals surface area contributed by atoms with Crippen molar-refractivity contribution in [3.63, 3.8) is 0 Å². The maximum absolute atomic E-state index is 12.3. The molecule has 0 radical (unpaired) electrons. The first-order chi connectivity index (χ1) is 10.6. The molecule has 1 fully saturated rings. The zero-order valence-corrected chi connectivity index (χ0v) is 14.2. The number of amides is 2. The number of thioether (sulfide) groups is 1. The van der Waals surface area contributed by atoms with E-state index in [2.05, 4.69) is 10.6 Å². The zero-order valence-electron chi connectivity index (χ0n) is 12.6. The molecular weight excluding hydrogens is 320 g/mol. The SMILES string of the molecule is C[C@H](NC(=O)N[C@@H]1CCSc2ccc(Cl)cc21)[C@H]1CCCO1. The molecule has 2 aliphatic rings. The fourth-order valence-electron chi connectivity index (χ4n) is 3.01. The van der Waals surface area contributed by atoms with E-state index in [-0.39, 0.29) is 24.2 Å². The van der Waals surface area contributed by atoms with E-state index in [4.69, 9.17) is 16.3 Å². The maximum atomic E-state index is 12.3. The van der Waals surface area contributed by atoms with Crippen LogP contribution in [0.25, 0.3) is 0 Å². The van der Waals surface area contributed by atoms with E-state index in [1.165, 1.54) is 4.90 Å². The molecule has 0 unspecified atom stereocenters. The van der Waals surface area contributed by atoms with Crippen LogP contribution >= 0.6 is 23.4 Å². The second-order valence-electron chi connectivity index (χ2n) is 5.83. The van der Waals surface area contributed by atoms with Gasteiger partial charge in [0, 0.05) is 22.3 Å². The fraction of sp³-hybridized carbons (Fsp3) is 0.562. The minimum absolute atomic E-state index is 0.0200. The van der Waals surface area contributed by atoms with Crippen LogP contribution < -0.4 is 10.6 Å². The molecule has 2 amide bonds. The van der Waals surface area contributed by atoms with Crippen molar-refractivity contribution in [1.29, 1.82) is 0 Å². The van der Waals surface area contributed by atoms with E-state index < -0.39 is 0 Å². The molecule has 1 aromatic carbocycles. The Morgan fingerprint density at radius 2 is 2.32 bits per heavy atom. The molecule has 0 aliphatic carbocycles. The van der Waals surface area contributed by atoms with E-state index in [9.17, 15) is 4.79 Å². The van der Waals surface area contributed by atoms with Crippen LogP contribution in [0.15, 0.2) is 23.1 Å². The third-order valence-corrected chi connectivity index (χ3v) is 5.56. The normalized spacial score (nSPS) is 25.4. The number of fused-ring (bicyclic) bond motifs is 1. The summed E-state index contributed by atoms with van der Waals surface area (Å²) in [7, 11) is 0. The lowest BCUT2D eigenvalue weighted by molar-refractivity contribution is 0.0858. The first-order valence-electron chi connectivity index (χ1n) is 7.74. The van der Waals surface area contributed by atoms with Gasteiger partial charge in [0.1, 0.15) is 0 Å². The monoisotopic (exact) mass is 340 g/mol. The third-order valence-electron chi connectivity index (χ3n) is 4.20. The van der Waals surface area contributed by atoms with Gasteiger partial charge in [-0.2, -0.15) is 0 Å². The van der Waals surface area contributed by atoms with E-state index in [0.29, 0.717) is 5.02 Å². The van der Waals surface area contributed by atoms with Crippen LogP contribution in [0.2, 0.25) is 5.02 Å². The Morgan fingerprint density at radius 3 is 3.09 bits per heavy atom. The molecule has 2 aliphatic heterocycles. The molecule has 2 N–H and O–H groups in total. The molecule has 0 spiro atoms. The summed E-state index contributed by atoms with van der Waals surface area (Å²) in [4.78, 5) is 13.5. The van der Waals surface area contributed by atoms with Gasteiger partial charge >= 0.3 is 6.03 Å². The van der Waals surface area contributed by atoms with Crippen molar-refractivity contribution in [3.8, 4) is 0 Å². The minimum Gasteiger partial charge on any atom is -0.376 e. The molecule has 120 valence electrons. The first-order valence-corrected chi connectivity index (χ1v) is 9.11. The Morgan fingerprint density at radius 1 is 1.45 bits per heavy atom. The van der Waals surface area contributed by atoms with Crippen molar-refractivity contribution in [2.24, 2.45) is 0 Å². The van der Waals surface area contributed by atoms with Crippen molar-refractivity contribution >= 4 is 29.4 Å². The van der Waals surface area contributed by atoms with Gasteiger partial charge in [0.25, 0.3) is 0 Å². The maximum Gasteiger partial charge on any atom is 0.315 e. The number of hydrogen-bond acceptors (Lipinski definition) is 3. The predicted molar refractivity (Wildman–Crippen MR) is 89.6 cm³/mol. The number of benzene rings is 1. The number of urea groups is 1. The van der Waals surface area contributed by atoms with Gasteiger partial charge in [0.15, 0.2) is 0 Å². The molecular formula is C16H21ClN2O2S. The summed E-state index contributed by atoms with van der Waals surface area (Å²) < 4.78 is 5.61. The fourth-order valence-corrected chi connectivity index (χ4v) is 4.30. The summed E-state index contributed by atoms with van der Waals surface area (Å²) in [6, 6.07) is 5.80. The Bertz CT molecular complexity index is 549. The first kappa shape index (κ1) is 16.0. The van der Waals surface area contributed by atoms with Crippen molar-refractivity contribution in [1.82, 2.24) is 10.6 Å². The predicted octanol–water partition coefficient (Wildman–Crippen LogP) is 3.74. The van der Waals surface area contributed by atoms with Gasteiger partial charge in [0.05, 0.1) is 18.2 Å². The smallest absolute Gasteiger partial charge is 0.315 e. The highest BCUT2D eigenvalue weighted by Crippen LogP contribution is 2.37. The third kappa shape index (κ3) is 3.70. The molecule has 0 saturated carbocycles. The Hall–Kier alpha value is -0.910. The second-order valence-corrected chi connectivity index (χ2v) is 7.40. The highest BCUT2D eigenvalue weighted by atomic mass is 35.5. The van der Waals surface area contributed by atoms with E-state index in [1.807, 2.05) is 36.9 Å². The number of carbonyl (C=O) groups is 1. The Balaban J connectivity index is 1.61. The molecule has 22 heavy (non-hydrogen) atoms. The van der Waals surface area contributed by atoms with E-state index >= 15 is 0 Å². The summed E-state index contributed by atoms with van der Waals surface area (Å²) in [5.74, 6) is 1.00. The summed E-state index contributed by atoms with van der Waals surface area (Å²) in [5, 5.41) is 6.79. The Kier molecular flexibility index (Phi) is 5.16. The minimum atomic E-state index is -0.133. The van der Waals surface area contributed by atoms with Crippen LogP contribution in [0.5, 0.6) is 0 Å². The number of rotatable bonds is 3. The number of carbonyl (C=O) groups excluding carboxylic acids is 1. The molecule has 1 saturated heterocycles. The summed E-state index contributed by atoms with van der Waals surface area (Å²) in [6.45, 7) is 2.79. The average molecular weight is 341 g/mol. The second kappa shape index (κ2) is 7.11. The lowest BCUT2D eigenvalue weighted by atomic mass is 10.0. The highest BCUT2D eigenvalue weighted by Gasteiger charge is 2.26. The number of ether oxygens (including phenoxy) is 1. The van der Waals surface area contributed by atoms with Gasteiger partial charge in [-0.1, -0.05) is 11.6 Å². The van der Waals surface area contributed by atoms with Crippen LogP contribution in [0.3, 0.4) is 0 Å². The van der Waals surface area contributed by atoms with Gasteiger partial charge in [-0.3, -0.25) is 0 Å². The number of halogens is 1. The van der Waals surface area contributed by atoms with E-state index in [0.717, 1.165) is 37.2 Å². The molecule has 3 atom stereocenters. The summed E-state index contributed by atoms with van der Waals surface area (Å²) >= 11 is 7.91. The molecule has 0 bridgehead atoms. The topological polar surface area (TPSA) is 50.4 Å². The largest absolute Gasteiger partial charge is 0.376 e. The molecule has 4 nitrogen and oxygen atoms in total. The van der Waals surface area contributed by atoms with Gasteiger partial charge in [0.2, 0.25) is 0 Å². The van der Waals surface area contributed by atoms with Gasteiger partial charge < -0.3 is 15.4 Å². The van der Waals surface area contributed by atoms with Gasteiger partial charge in [-0.15, -0.1) is 11.8 Å². The lowest BCUT2D eigenvalue weighted by Crippen LogP contribution is -2.47.